The topological polar surface area (TPSA) is 57.6 Å². The van der Waals surface area contributed by atoms with E-state index in [4.69, 9.17) is 5.11 Å². The Balaban J connectivity index is 2.08. The lowest BCUT2D eigenvalue weighted by Crippen LogP contribution is -2.44. The Morgan fingerprint density at radius 1 is 1.32 bits per heavy atom. The number of hydrogen-bond donors (Lipinski definition) is 1. The standard InChI is InChI=1S/C15H19NO3/c1-10(15(18)19)16(2)14(17)13-8-7-11-5-3-4-6-12(11)9-13/h3-6,10,13H,7-9H2,1-2H3,(H,18,19). The van der Waals surface area contributed by atoms with Crippen molar-refractivity contribution in [3.05, 3.63) is 35.4 Å². The van der Waals surface area contributed by atoms with Gasteiger partial charge in [-0.25, -0.2) is 4.79 Å². The van der Waals surface area contributed by atoms with E-state index in [0.29, 0.717) is 6.42 Å². The summed E-state index contributed by atoms with van der Waals surface area (Å²) in [5, 5.41) is 8.96. The van der Waals surface area contributed by atoms with Gasteiger partial charge in [-0.15, -0.1) is 0 Å². The number of carbonyl (C=O) groups is 2. The van der Waals surface area contributed by atoms with Gasteiger partial charge in [-0.05, 0) is 37.3 Å². The minimum atomic E-state index is -0.966. The smallest absolute Gasteiger partial charge is 0.326 e. The van der Waals surface area contributed by atoms with Crippen LogP contribution in [0.3, 0.4) is 0 Å². The van der Waals surface area contributed by atoms with E-state index in [-0.39, 0.29) is 11.8 Å². The van der Waals surface area contributed by atoms with E-state index in [1.807, 2.05) is 12.1 Å². The van der Waals surface area contributed by atoms with Gasteiger partial charge in [0.25, 0.3) is 0 Å². The number of carboxylic acids is 1. The predicted octanol–water partition coefficient (Wildman–Crippen LogP) is 1.72. The first-order valence-corrected chi connectivity index (χ1v) is 6.57. The normalized spacial score (nSPS) is 19.4. The van der Waals surface area contributed by atoms with Crippen LogP contribution in [0.4, 0.5) is 0 Å². The number of benzene rings is 1. The zero-order valence-electron chi connectivity index (χ0n) is 11.3. The number of carboxylic acid groups (broad SMARTS) is 1. The van der Waals surface area contributed by atoms with Gasteiger partial charge in [-0.3, -0.25) is 4.79 Å². The van der Waals surface area contributed by atoms with Crippen molar-refractivity contribution in [2.24, 2.45) is 5.92 Å². The SMILES string of the molecule is CC(C(=O)O)N(C)C(=O)C1CCc2ccccc2C1. The number of fused-ring (bicyclic) bond motifs is 1. The Kier molecular flexibility index (Phi) is 3.88. The Labute approximate surface area is 113 Å². The summed E-state index contributed by atoms with van der Waals surface area (Å²) in [6, 6.07) is 7.37. The van der Waals surface area contributed by atoms with E-state index >= 15 is 0 Å². The minimum absolute atomic E-state index is 0.0654. The van der Waals surface area contributed by atoms with Crippen LogP contribution in [-0.4, -0.2) is 35.0 Å². The van der Waals surface area contributed by atoms with Gasteiger partial charge in [-0.1, -0.05) is 24.3 Å². The molecule has 1 aliphatic carbocycles. The molecule has 2 rings (SSSR count). The molecule has 2 atom stereocenters. The molecule has 0 spiro atoms. The average Bonchev–Trinajstić information content (AvgIpc) is 2.44. The first kappa shape index (κ1) is 13.6. The monoisotopic (exact) mass is 261 g/mol. The van der Waals surface area contributed by atoms with E-state index in [0.717, 1.165) is 12.8 Å². The summed E-state index contributed by atoms with van der Waals surface area (Å²) in [6.45, 7) is 1.54. The lowest BCUT2D eigenvalue weighted by molar-refractivity contribution is -0.150. The van der Waals surface area contributed by atoms with Crippen LogP contribution in [-0.2, 0) is 22.4 Å². The van der Waals surface area contributed by atoms with Gasteiger partial charge in [0, 0.05) is 13.0 Å². The zero-order chi connectivity index (χ0) is 14.0. The molecule has 1 amide bonds. The molecule has 0 aliphatic heterocycles. The van der Waals surface area contributed by atoms with Crippen LogP contribution >= 0.6 is 0 Å². The molecule has 1 aromatic rings. The number of amides is 1. The third-order valence-electron chi connectivity index (χ3n) is 3.98. The number of carbonyl (C=O) groups excluding carboxylic acids is 1. The molecule has 4 nitrogen and oxygen atoms in total. The molecule has 2 unspecified atom stereocenters. The number of likely N-dealkylation sites (N-methyl/N-ethyl adjacent to an activating group) is 1. The highest BCUT2D eigenvalue weighted by Crippen LogP contribution is 2.26. The van der Waals surface area contributed by atoms with E-state index in [9.17, 15) is 9.59 Å². The second-order valence-electron chi connectivity index (χ2n) is 5.17. The van der Waals surface area contributed by atoms with Gasteiger partial charge in [0.2, 0.25) is 5.91 Å². The van der Waals surface area contributed by atoms with Crippen molar-refractivity contribution >= 4 is 11.9 Å². The summed E-state index contributed by atoms with van der Waals surface area (Å²) in [5.74, 6) is -1.13. The molecule has 1 N–H and O–H groups in total. The van der Waals surface area contributed by atoms with E-state index in [1.165, 1.54) is 23.0 Å². The van der Waals surface area contributed by atoms with Crippen molar-refractivity contribution < 1.29 is 14.7 Å². The lowest BCUT2D eigenvalue weighted by Gasteiger charge is -2.29. The highest BCUT2D eigenvalue weighted by Gasteiger charge is 2.30. The van der Waals surface area contributed by atoms with Gasteiger partial charge >= 0.3 is 5.97 Å². The molecular formula is C15H19NO3. The molecule has 0 fully saturated rings. The van der Waals surface area contributed by atoms with Crippen molar-refractivity contribution in [2.45, 2.75) is 32.2 Å². The van der Waals surface area contributed by atoms with Gasteiger partial charge in [0.1, 0.15) is 6.04 Å². The molecule has 102 valence electrons. The second-order valence-corrected chi connectivity index (χ2v) is 5.17. The van der Waals surface area contributed by atoms with Crippen LogP contribution in [0.15, 0.2) is 24.3 Å². The number of rotatable bonds is 3. The van der Waals surface area contributed by atoms with Gasteiger partial charge in [0.05, 0.1) is 0 Å². The lowest BCUT2D eigenvalue weighted by atomic mass is 9.83. The van der Waals surface area contributed by atoms with Crippen LogP contribution in [0.5, 0.6) is 0 Å². The van der Waals surface area contributed by atoms with E-state index in [1.54, 1.807) is 7.05 Å². The molecular weight excluding hydrogens is 242 g/mol. The van der Waals surface area contributed by atoms with Gasteiger partial charge in [0.15, 0.2) is 0 Å². The molecule has 0 bridgehead atoms. The van der Waals surface area contributed by atoms with Crippen LogP contribution in [0, 0.1) is 5.92 Å². The second kappa shape index (κ2) is 5.43. The maximum atomic E-state index is 12.3. The first-order valence-electron chi connectivity index (χ1n) is 6.57. The number of aryl methyl sites for hydroxylation is 1. The van der Waals surface area contributed by atoms with Crippen molar-refractivity contribution in [1.82, 2.24) is 4.90 Å². The van der Waals surface area contributed by atoms with E-state index in [2.05, 4.69) is 12.1 Å². The highest BCUT2D eigenvalue weighted by atomic mass is 16.4. The fourth-order valence-electron chi connectivity index (χ4n) is 2.55. The van der Waals surface area contributed by atoms with Crippen LogP contribution in [0.25, 0.3) is 0 Å². The fourth-order valence-corrected chi connectivity index (χ4v) is 2.55. The average molecular weight is 261 g/mol. The maximum Gasteiger partial charge on any atom is 0.326 e. The van der Waals surface area contributed by atoms with Crippen LogP contribution in [0.1, 0.15) is 24.5 Å². The Bertz CT molecular complexity index is 498. The highest BCUT2D eigenvalue weighted by molar-refractivity contribution is 5.85. The summed E-state index contributed by atoms with van der Waals surface area (Å²) < 4.78 is 0. The number of aliphatic carboxylic acids is 1. The molecule has 1 aromatic carbocycles. The molecule has 0 heterocycles. The number of nitrogens with zero attached hydrogens (tertiary/aromatic N) is 1. The largest absolute Gasteiger partial charge is 0.480 e. The van der Waals surface area contributed by atoms with Gasteiger partial charge < -0.3 is 10.0 Å². The Hall–Kier alpha value is -1.84. The summed E-state index contributed by atoms with van der Waals surface area (Å²) in [6.07, 6.45) is 2.40. The fraction of sp³-hybridized carbons (Fsp3) is 0.467. The minimum Gasteiger partial charge on any atom is -0.480 e. The molecule has 0 radical (unpaired) electrons. The Morgan fingerprint density at radius 2 is 1.95 bits per heavy atom. The van der Waals surface area contributed by atoms with Crippen molar-refractivity contribution in [1.29, 1.82) is 0 Å². The molecule has 0 saturated carbocycles. The third kappa shape index (κ3) is 2.78. The van der Waals surface area contributed by atoms with Crippen molar-refractivity contribution in [3.63, 3.8) is 0 Å². The summed E-state index contributed by atoms with van der Waals surface area (Å²) in [5.41, 5.74) is 2.52. The summed E-state index contributed by atoms with van der Waals surface area (Å²) in [4.78, 5) is 24.6. The first-order chi connectivity index (χ1) is 9.00. The zero-order valence-corrected chi connectivity index (χ0v) is 11.3. The van der Waals surface area contributed by atoms with Crippen molar-refractivity contribution in [3.8, 4) is 0 Å². The molecule has 19 heavy (non-hydrogen) atoms. The number of hydrogen-bond acceptors (Lipinski definition) is 2. The summed E-state index contributed by atoms with van der Waals surface area (Å²) >= 11 is 0. The van der Waals surface area contributed by atoms with Crippen molar-refractivity contribution in [2.75, 3.05) is 7.05 Å². The molecule has 0 saturated heterocycles. The van der Waals surface area contributed by atoms with Crippen LogP contribution in [0.2, 0.25) is 0 Å². The van der Waals surface area contributed by atoms with Crippen LogP contribution < -0.4 is 0 Å². The Morgan fingerprint density at radius 3 is 2.58 bits per heavy atom. The quantitative estimate of drug-likeness (QED) is 0.901. The molecule has 4 heteroatoms. The summed E-state index contributed by atoms with van der Waals surface area (Å²) in [7, 11) is 1.57. The molecule has 1 aliphatic rings. The third-order valence-corrected chi connectivity index (χ3v) is 3.98. The van der Waals surface area contributed by atoms with E-state index < -0.39 is 12.0 Å². The van der Waals surface area contributed by atoms with Gasteiger partial charge in [-0.2, -0.15) is 0 Å². The predicted molar refractivity (Wildman–Crippen MR) is 71.8 cm³/mol. The maximum absolute atomic E-state index is 12.3. The molecule has 0 aromatic heterocycles.